The Kier molecular flexibility index (Phi) is 4.51. The van der Waals surface area contributed by atoms with Gasteiger partial charge in [-0.25, -0.2) is 0 Å². The predicted molar refractivity (Wildman–Crippen MR) is 57.5 cm³/mol. The van der Waals surface area contributed by atoms with Crippen LogP contribution in [0.1, 0.15) is 33.1 Å². The molecule has 0 aromatic carbocycles. The molecule has 2 atom stereocenters. The Morgan fingerprint density at radius 1 is 1.67 bits per heavy atom. The number of carbonyl (C=O) groups excluding carboxylic acids is 1. The van der Waals surface area contributed by atoms with Gasteiger partial charge in [0.1, 0.15) is 5.78 Å². The minimum absolute atomic E-state index is 0.329. The Bertz CT molecular complexity index is 153. The fourth-order valence-corrected chi connectivity index (χ4v) is 4.82. The van der Waals surface area contributed by atoms with Crippen molar-refractivity contribution in [3.05, 3.63) is 0 Å². The van der Waals surface area contributed by atoms with E-state index in [9.17, 15) is 4.79 Å². The second kappa shape index (κ2) is 5.18. The highest BCUT2D eigenvalue weighted by Crippen LogP contribution is 2.42. The zero-order chi connectivity index (χ0) is 8.97. The van der Waals surface area contributed by atoms with Crippen molar-refractivity contribution >= 4 is 27.4 Å². The summed E-state index contributed by atoms with van der Waals surface area (Å²) in [7, 11) is 3.83. The molecular weight excluding hydrogens is 188 g/mol. The predicted octanol–water partition coefficient (Wildman–Crippen LogP) is 3.15. The van der Waals surface area contributed by atoms with Gasteiger partial charge in [0.05, 0.1) is 0 Å². The van der Waals surface area contributed by atoms with E-state index in [-0.39, 0.29) is 0 Å². The maximum absolute atomic E-state index is 11.3. The van der Waals surface area contributed by atoms with Crippen LogP contribution in [-0.4, -0.2) is 16.8 Å². The number of Topliss-reactive ketones (excluding diaryl/α,β-unsaturated/α-hetero) is 1. The molecule has 1 aliphatic heterocycles. The van der Waals surface area contributed by atoms with Crippen LogP contribution in [0.2, 0.25) is 0 Å². The topological polar surface area (TPSA) is 17.1 Å². The lowest BCUT2D eigenvalue weighted by Gasteiger charge is -2.17. The molecule has 0 aromatic rings. The lowest BCUT2D eigenvalue weighted by atomic mass is 9.94. The molecule has 1 rings (SSSR count). The normalized spacial score (nSPS) is 25.7. The van der Waals surface area contributed by atoms with E-state index in [0.717, 1.165) is 12.8 Å². The van der Waals surface area contributed by atoms with Crippen molar-refractivity contribution in [3.63, 3.8) is 0 Å². The maximum Gasteiger partial charge on any atom is 0.134 e. The van der Waals surface area contributed by atoms with E-state index < -0.39 is 0 Å². The molecule has 1 nitrogen and oxygen atoms in total. The third-order valence-electron chi connectivity index (χ3n) is 2.25. The lowest BCUT2D eigenvalue weighted by molar-refractivity contribution is -0.120. The molecule has 0 bridgehead atoms. The average Bonchev–Trinajstić information content (AvgIpc) is 2.51. The van der Waals surface area contributed by atoms with E-state index in [1.807, 2.05) is 21.6 Å². The number of ketones is 1. The van der Waals surface area contributed by atoms with Crippen LogP contribution in [0.25, 0.3) is 0 Å². The van der Waals surface area contributed by atoms with Crippen molar-refractivity contribution in [1.82, 2.24) is 0 Å². The smallest absolute Gasteiger partial charge is 0.134 e. The van der Waals surface area contributed by atoms with Crippen LogP contribution in [-0.2, 0) is 4.79 Å². The molecule has 0 aromatic heterocycles. The van der Waals surface area contributed by atoms with E-state index in [1.165, 1.54) is 12.2 Å². The fourth-order valence-electron chi connectivity index (χ4n) is 1.58. The van der Waals surface area contributed by atoms with Gasteiger partial charge in [0, 0.05) is 16.9 Å². The van der Waals surface area contributed by atoms with Gasteiger partial charge in [-0.15, -0.1) is 0 Å². The zero-order valence-corrected chi connectivity index (χ0v) is 9.34. The van der Waals surface area contributed by atoms with Crippen LogP contribution in [0.5, 0.6) is 0 Å². The van der Waals surface area contributed by atoms with Crippen LogP contribution in [0.3, 0.4) is 0 Å². The van der Waals surface area contributed by atoms with Crippen molar-refractivity contribution in [2.75, 3.05) is 5.75 Å². The molecule has 1 aliphatic rings. The van der Waals surface area contributed by atoms with E-state index in [4.69, 9.17) is 0 Å². The van der Waals surface area contributed by atoms with Crippen molar-refractivity contribution in [2.24, 2.45) is 5.92 Å². The second-order valence-corrected chi connectivity index (χ2v) is 5.98. The van der Waals surface area contributed by atoms with E-state index >= 15 is 0 Å². The minimum Gasteiger partial charge on any atom is -0.300 e. The summed E-state index contributed by atoms with van der Waals surface area (Å²) >= 11 is 0. The van der Waals surface area contributed by atoms with Gasteiger partial charge in [0.25, 0.3) is 0 Å². The quantitative estimate of drug-likeness (QED) is 0.655. The van der Waals surface area contributed by atoms with Crippen LogP contribution in [0.4, 0.5) is 0 Å². The Hall–Kier alpha value is 0.370. The molecule has 0 radical (unpaired) electrons. The monoisotopic (exact) mass is 204 g/mol. The van der Waals surface area contributed by atoms with Gasteiger partial charge in [0.15, 0.2) is 0 Å². The molecule has 12 heavy (non-hydrogen) atoms. The molecule has 1 saturated heterocycles. The van der Waals surface area contributed by atoms with Gasteiger partial charge in [-0.2, -0.15) is 0 Å². The molecule has 1 heterocycles. The van der Waals surface area contributed by atoms with E-state index in [2.05, 4.69) is 6.92 Å². The highest BCUT2D eigenvalue weighted by molar-refractivity contribution is 8.77. The van der Waals surface area contributed by atoms with Crippen molar-refractivity contribution < 1.29 is 4.79 Å². The van der Waals surface area contributed by atoms with Crippen LogP contribution < -0.4 is 0 Å². The van der Waals surface area contributed by atoms with E-state index in [1.54, 1.807) is 6.92 Å². The molecule has 3 heteroatoms. The van der Waals surface area contributed by atoms with Gasteiger partial charge < -0.3 is 0 Å². The summed E-state index contributed by atoms with van der Waals surface area (Å²) in [5.74, 6) is 1.94. The highest BCUT2D eigenvalue weighted by Gasteiger charge is 2.28. The molecule has 1 fully saturated rings. The molecule has 0 saturated carbocycles. The summed E-state index contributed by atoms with van der Waals surface area (Å²) in [6.45, 7) is 3.90. The zero-order valence-electron chi connectivity index (χ0n) is 7.71. The van der Waals surface area contributed by atoms with Crippen LogP contribution in [0, 0.1) is 5.92 Å². The summed E-state index contributed by atoms with van der Waals surface area (Å²) in [5.41, 5.74) is 0. The van der Waals surface area contributed by atoms with Crippen molar-refractivity contribution in [1.29, 1.82) is 0 Å². The van der Waals surface area contributed by atoms with Gasteiger partial charge in [0.2, 0.25) is 0 Å². The minimum atomic E-state index is 0.329. The fraction of sp³-hybridized carbons (Fsp3) is 0.889. The Morgan fingerprint density at radius 3 is 2.83 bits per heavy atom. The first kappa shape index (κ1) is 10.5. The molecular formula is C9H16OS2. The number of rotatable bonds is 4. The Morgan fingerprint density at radius 2 is 2.42 bits per heavy atom. The van der Waals surface area contributed by atoms with Gasteiger partial charge in [-0.1, -0.05) is 34.9 Å². The first-order chi connectivity index (χ1) is 5.75. The number of hydrogen-bond donors (Lipinski definition) is 0. The summed E-state index contributed by atoms with van der Waals surface area (Å²) < 4.78 is 0. The maximum atomic E-state index is 11.3. The van der Waals surface area contributed by atoms with Crippen molar-refractivity contribution in [2.45, 2.75) is 38.4 Å². The SMILES string of the molecule is CCCC(C(C)=O)C1CCSS1. The number of hydrogen-bond acceptors (Lipinski definition) is 3. The van der Waals surface area contributed by atoms with Crippen molar-refractivity contribution in [3.8, 4) is 0 Å². The third-order valence-corrected chi connectivity index (χ3v) is 5.25. The molecule has 2 unspecified atom stereocenters. The first-order valence-electron chi connectivity index (χ1n) is 4.54. The largest absolute Gasteiger partial charge is 0.300 e. The highest BCUT2D eigenvalue weighted by atomic mass is 33.1. The van der Waals surface area contributed by atoms with Gasteiger partial charge in [-0.3, -0.25) is 4.79 Å². The van der Waals surface area contributed by atoms with Crippen LogP contribution >= 0.6 is 21.6 Å². The standard InChI is InChI=1S/C9H16OS2/c1-3-4-8(7(2)10)9-5-6-11-12-9/h8-9H,3-6H2,1-2H3. The summed E-state index contributed by atoms with van der Waals surface area (Å²) in [6.07, 6.45) is 3.43. The average molecular weight is 204 g/mol. The summed E-state index contributed by atoms with van der Waals surface area (Å²) in [4.78, 5) is 11.3. The Labute approximate surface area is 82.5 Å². The molecule has 70 valence electrons. The van der Waals surface area contributed by atoms with Crippen LogP contribution in [0.15, 0.2) is 0 Å². The Balaban J connectivity index is 2.45. The van der Waals surface area contributed by atoms with E-state index in [0.29, 0.717) is 17.0 Å². The lowest BCUT2D eigenvalue weighted by Crippen LogP contribution is -2.22. The first-order valence-corrected chi connectivity index (χ1v) is 6.92. The summed E-state index contributed by atoms with van der Waals surface area (Å²) in [5, 5.41) is 0.604. The third kappa shape index (κ3) is 2.70. The molecule has 0 amide bonds. The molecule has 0 N–H and O–H groups in total. The summed E-state index contributed by atoms with van der Waals surface area (Å²) in [6, 6.07) is 0. The number of carbonyl (C=O) groups is 1. The van der Waals surface area contributed by atoms with Gasteiger partial charge in [-0.05, 0) is 19.8 Å². The second-order valence-electron chi connectivity index (χ2n) is 3.25. The molecule has 0 aliphatic carbocycles. The molecule has 0 spiro atoms. The van der Waals surface area contributed by atoms with Gasteiger partial charge >= 0.3 is 0 Å².